The van der Waals surface area contributed by atoms with Crippen molar-refractivity contribution in [3.63, 3.8) is 0 Å². The summed E-state index contributed by atoms with van der Waals surface area (Å²) >= 11 is 6.14. The maximum Gasteiger partial charge on any atom is 0.243 e. The summed E-state index contributed by atoms with van der Waals surface area (Å²) in [4.78, 5) is 13.3. The van der Waals surface area contributed by atoms with E-state index >= 15 is 0 Å². The van der Waals surface area contributed by atoms with Gasteiger partial charge in [-0.2, -0.15) is 4.31 Å². The van der Waals surface area contributed by atoms with Crippen LogP contribution in [-0.2, 0) is 21.2 Å². The van der Waals surface area contributed by atoms with Crippen molar-refractivity contribution >= 4 is 27.5 Å². The molecule has 2 aromatic rings. The Labute approximate surface area is 183 Å². The van der Waals surface area contributed by atoms with E-state index in [2.05, 4.69) is 17.4 Å². The van der Waals surface area contributed by atoms with Crippen molar-refractivity contribution in [2.45, 2.75) is 50.0 Å². The van der Waals surface area contributed by atoms with Gasteiger partial charge in [0.2, 0.25) is 15.9 Å². The van der Waals surface area contributed by atoms with E-state index in [9.17, 15) is 13.2 Å². The van der Waals surface area contributed by atoms with Gasteiger partial charge in [-0.1, -0.05) is 41.9 Å². The van der Waals surface area contributed by atoms with E-state index in [4.69, 9.17) is 11.6 Å². The number of amides is 1. The number of fused-ring (bicyclic) bond motifs is 1. The lowest BCUT2D eigenvalue weighted by atomic mass is 9.87. The molecule has 0 spiro atoms. The number of aryl methyl sites for hydroxylation is 1. The first-order valence-corrected chi connectivity index (χ1v) is 12.3. The van der Waals surface area contributed by atoms with Crippen LogP contribution in [0.4, 0.5) is 0 Å². The van der Waals surface area contributed by atoms with E-state index in [0.717, 1.165) is 19.3 Å². The summed E-state index contributed by atoms with van der Waals surface area (Å²) < 4.78 is 27.9. The topological polar surface area (TPSA) is 66.5 Å². The summed E-state index contributed by atoms with van der Waals surface area (Å²) in [6.07, 6.45) is 4.36. The Balaban J connectivity index is 1.49. The minimum atomic E-state index is -3.69. The van der Waals surface area contributed by atoms with Crippen molar-refractivity contribution in [1.29, 1.82) is 0 Å². The number of hydrogen-bond acceptors (Lipinski definition) is 3. The van der Waals surface area contributed by atoms with Gasteiger partial charge in [0, 0.05) is 18.1 Å². The van der Waals surface area contributed by atoms with E-state index in [0.29, 0.717) is 30.0 Å². The number of rotatable bonds is 4. The highest BCUT2D eigenvalue weighted by Crippen LogP contribution is 2.32. The molecule has 7 heteroatoms. The van der Waals surface area contributed by atoms with E-state index in [-0.39, 0.29) is 29.3 Å². The van der Waals surface area contributed by atoms with Crippen LogP contribution < -0.4 is 5.32 Å². The van der Waals surface area contributed by atoms with E-state index < -0.39 is 10.0 Å². The number of halogens is 1. The Bertz CT molecular complexity index is 1050. The Morgan fingerprint density at radius 2 is 1.90 bits per heavy atom. The summed E-state index contributed by atoms with van der Waals surface area (Å²) in [6.45, 7) is 2.34. The quantitative estimate of drug-likeness (QED) is 0.763. The molecule has 1 amide bonds. The molecule has 160 valence electrons. The zero-order chi connectivity index (χ0) is 21.3. The Kier molecular flexibility index (Phi) is 6.19. The van der Waals surface area contributed by atoms with Gasteiger partial charge < -0.3 is 5.32 Å². The predicted octanol–water partition coefficient (Wildman–Crippen LogP) is 4.24. The molecular weight excluding hydrogens is 420 g/mol. The zero-order valence-electron chi connectivity index (χ0n) is 17.1. The molecule has 1 saturated heterocycles. The van der Waals surface area contributed by atoms with Crippen molar-refractivity contribution in [2.24, 2.45) is 5.92 Å². The first kappa shape index (κ1) is 21.3. The third-order valence-electron chi connectivity index (χ3n) is 6.28. The van der Waals surface area contributed by atoms with Gasteiger partial charge in [-0.3, -0.25) is 4.79 Å². The van der Waals surface area contributed by atoms with E-state index in [1.54, 1.807) is 25.1 Å². The molecule has 0 radical (unpaired) electrons. The fraction of sp³-hybridized carbons (Fsp3) is 0.435. The van der Waals surface area contributed by atoms with Crippen LogP contribution in [0.5, 0.6) is 0 Å². The number of carbonyl (C=O) groups is 1. The average Bonchev–Trinajstić information content (AvgIpc) is 2.76. The molecule has 0 bridgehead atoms. The zero-order valence-corrected chi connectivity index (χ0v) is 18.7. The molecule has 2 aromatic carbocycles. The van der Waals surface area contributed by atoms with Crippen molar-refractivity contribution in [1.82, 2.24) is 9.62 Å². The second-order valence-electron chi connectivity index (χ2n) is 8.22. The SMILES string of the molecule is Cc1c(Cl)cccc1S(=O)(=O)N1CCC[C@H](C(=O)N[C@@H]2CCCc3ccccc32)C1. The second-order valence-corrected chi connectivity index (χ2v) is 10.5. The molecule has 0 aromatic heterocycles. The van der Waals surface area contributed by atoms with Crippen LogP contribution in [0.15, 0.2) is 47.4 Å². The lowest BCUT2D eigenvalue weighted by Crippen LogP contribution is -2.46. The van der Waals surface area contributed by atoms with Crippen molar-refractivity contribution in [3.05, 3.63) is 64.2 Å². The van der Waals surface area contributed by atoms with Crippen LogP contribution in [0.2, 0.25) is 5.02 Å². The summed E-state index contributed by atoms with van der Waals surface area (Å²) in [5.74, 6) is -0.401. The first-order chi connectivity index (χ1) is 14.4. The van der Waals surface area contributed by atoms with Gasteiger partial charge in [-0.25, -0.2) is 8.42 Å². The highest BCUT2D eigenvalue weighted by atomic mass is 35.5. The molecule has 4 rings (SSSR count). The molecule has 1 aliphatic carbocycles. The van der Waals surface area contributed by atoms with Crippen LogP contribution in [-0.4, -0.2) is 31.7 Å². The molecule has 30 heavy (non-hydrogen) atoms. The van der Waals surface area contributed by atoms with Crippen LogP contribution in [0, 0.1) is 12.8 Å². The average molecular weight is 447 g/mol. The largest absolute Gasteiger partial charge is 0.349 e. The second kappa shape index (κ2) is 8.69. The third-order valence-corrected chi connectivity index (χ3v) is 8.70. The summed E-state index contributed by atoms with van der Waals surface area (Å²) in [5, 5.41) is 3.62. The minimum absolute atomic E-state index is 0.00427. The van der Waals surface area contributed by atoms with Crippen LogP contribution >= 0.6 is 11.6 Å². The molecule has 5 nitrogen and oxygen atoms in total. The summed E-state index contributed by atoms with van der Waals surface area (Å²) in [5.41, 5.74) is 3.02. The van der Waals surface area contributed by atoms with E-state index in [1.165, 1.54) is 15.4 Å². The number of nitrogens with zero attached hydrogens (tertiary/aromatic N) is 1. The smallest absolute Gasteiger partial charge is 0.243 e. The molecule has 1 fully saturated rings. The van der Waals surface area contributed by atoms with Crippen molar-refractivity contribution in [2.75, 3.05) is 13.1 Å². The lowest BCUT2D eigenvalue weighted by Gasteiger charge is -2.33. The first-order valence-electron chi connectivity index (χ1n) is 10.5. The Morgan fingerprint density at radius 1 is 1.10 bits per heavy atom. The van der Waals surface area contributed by atoms with Gasteiger partial charge in [0.1, 0.15) is 0 Å². The van der Waals surface area contributed by atoms with Gasteiger partial charge in [-0.05, 0) is 67.9 Å². The monoisotopic (exact) mass is 446 g/mol. The van der Waals surface area contributed by atoms with Crippen molar-refractivity contribution < 1.29 is 13.2 Å². The minimum Gasteiger partial charge on any atom is -0.349 e. The molecule has 1 heterocycles. The number of carbonyl (C=O) groups excluding carboxylic acids is 1. The normalized spacial score (nSPS) is 22.3. The fourth-order valence-corrected chi connectivity index (χ4v) is 6.58. The number of nitrogens with one attached hydrogen (secondary N) is 1. The third kappa shape index (κ3) is 4.13. The standard InChI is InChI=1S/C23H27ClN2O3S/c1-16-20(24)11-5-13-22(16)30(28,29)26-14-6-9-18(15-26)23(27)25-21-12-4-8-17-7-2-3-10-19(17)21/h2-3,5,7,10-11,13,18,21H,4,6,8-9,12,14-15H2,1H3,(H,25,27)/t18-,21+/m0/s1. The van der Waals surface area contributed by atoms with Crippen LogP contribution in [0.25, 0.3) is 0 Å². The van der Waals surface area contributed by atoms with Crippen LogP contribution in [0.3, 0.4) is 0 Å². The number of piperidine rings is 1. The summed E-state index contributed by atoms with van der Waals surface area (Å²) in [6, 6.07) is 13.2. The summed E-state index contributed by atoms with van der Waals surface area (Å²) in [7, 11) is -3.69. The maximum absolute atomic E-state index is 13.2. The van der Waals surface area contributed by atoms with Gasteiger partial charge in [-0.15, -0.1) is 0 Å². The molecular formula is C23H27ClN2O3S. The molecule has 2 atom stereocenters. The molecule has 0 unspecified atom stereocenters. The molecule has 2 aliphatic rings. The van der Waals surface area contributed by atoms with Gasteiger partial charge in [0.25, 0.3) is 0 Å². The van der Waals surface area contributed by atoms with Crippen LogP contribution in [0.1, 0.15) is 48.4 Å². The highest BCUT2D eigenvalue weighted by molar-refractivity contribution is 7.89. The predicted molar refractivity (Wildman–Crippen MR) is 118 cm³/mol. The Hall–Kier alpha value is -1.89. The van der Waals surface area contributed by atoms with Gasteiger partial charge in [0.05, 0.1) is 16.9 Å². The van der Waals surface area contributed by atoms with Gasteiger partial charge in [0.15, 0.2) is 0 Å². The number of hydrogen-bond donors (Lipinski definition) is 1. The molecule has 1 aliphatic heterocycles. The number of sulfonamides is 1. The van der Waals surface area contributed by atoms with Gasteiger partial charge >= 0.3 is 0 Å². The Morgan fingerprint density at radius 3 is 2.73 bits per heavy atom. The van der Waals surface area contributed by atoms with E-state index in [1.807, 2.05) is 12.1 Å². The highest BCUT2D eigenvalue weighted by Gasteiger charge is 2.35. The van der Waals surface area contributed by atoms with Crippen molar-refractivity contribution in [3.8, 4) is 0 Å². The fourth-order valence-electron chi connectivity index (χ4n) is 4.57. The molecule has 1 N–H and O–H groups in total. The molecule has 0 saturated carbocycles. The maximum atomic E-state index is 13.2. The lowest BCUT2D eigenvalue weighted by molar-refractivity contribution is -0.127. The number of benzene rings is 2.